The number of hydrogen-bond donors (Lipinski definition) is 1. The predicted octanol–water partition coefficient (Wildman–Crippen LogP) is 5.60. The third-order valence-corrected chi connectivity index (χ3v) is 9.14. The fourth-order valence-electron chi connectivity index (χ4n) is 7.47. The number of fused-ring (bicyclic) bond motifs is 3. The zero-order valence-corrected chi connectivity index (χ0v) is 18.7. The van der Waals surface area contributed by atoms with Crippen LogP contribution in [0.1, 0.15) is 119 Å². The van der Waals surface area contributed by atoms with E-state index in [4.69, 9.17) is 5.10 Å². The largest absolute Gasteiger partial charge is 0.347 e. The Labute approximate surface area is 176 Å². The van der Waals surface area contributed by atoms with Gasteiger partial charge in [0, 0.05) is 17.3 Å². The zero-order valence-electron chi connectivity index (χ0n) is 18.7. The van der Waals surface area contributed by atoms with E-state index in [1.165, 1.54) is 81.9 Å². The highest BCUT2D eigenvalue weighted by Crippen LogP contribution is 2.62. The smallest absolute Gasteiger partial charge is 0.272 e. The molecule has 5 rings (SSSR count). The summed E-state index contributed by atoms with van der Waals surface area (Å²) in [5.41, 5.74) is 3.86. The van der Waals surface area contributed by atoms with Crippen LogP contribution in [-0.2, 0) is 12.8 Å². The second-order valence-electron chi connectivity index (χ2n) is 11.4. The lowest BCUT2D eigenvalue weighted by molar-refractivity contribution is 0.0731. The molecular weight excluding hydrogens is 358 g/mol. The van der Waals surface area contributed by atoms with Gasteiger partial charge in [0.25, 0.3) is 5.91 Å². The van der Waals surface area contributed by atoms with Gasteiger partial charge >= 0.3 is 0 Å². The SMILES string of the molecule is CC12CCC(C1)C(C)(C)C2NC(=O)c1nn(C2CCCCC2)c2c1CCCCC2. The number of carbonyl (C=O) groups is 1. The summed E-state index contributed by atoms with van der Waals surface area (Å²) in [5, 5.41) is 8.57. The molecule has 29 heavy (non-hydrogen) atoms. The van der Waals surface area contributed by atoms with Crippen molar-refractivity contribution in [3.8, 4) is 0 Å². The van der Waals surface area contributed by atoms with Crippen LogP contribution in [0.4, 0.5) is 0 Å². The maximum absolute atomic E-state index is 13.6. The molecule has 1 aromatic heterocycles. The topological polar surface area (TPSA) is 46.9 Å². The van der Waals surface area contributed by atoms with Crippen LogP contribution < -0.4 is 5.32 Å². The standard InChI is InChI=1S/C25H39N3O/c1-24(2)17-14-15-25(3,16-17)23(24)26-22(29)21-19-12-8-5-9-13-20(19)28(27-21)18-10-6-4-7-11-18/h17-18,23H,4-16H2,1-3H3,(H,26,29). The summed E-state index contributed by atoms with van der Waals surface area (Å²) in [5.74, 6) is 0.847. The first-order valence-electron chi connectivity index (χ1n) is 12.3. The van der Waals surface area contributed by atoms with Crippen LogP contribution in [0.15, 0.2) is 0 Å². The Balaban J connectivity index is 1.46. The Morgan fingerprint density at radius 2 is 1.72 bits per heavy atom. The first-order chi connectivity index (χ1) is 13.9. The highest BCUT2D eigenvalue weighted by Gasteiger charge is 2.59. The summed E-state index contributed by atoms with van der Waals surface area (Å²) < 4.78 is 2.31. The lowest BCUT2D eigenvalue weighted by atomic mass is 9.68. The van der Waals surface area contributed by atoms with Crippen molar-refractivity contribution in [3.05, 3.63) is 17.0 Å². The third kappa shape index (κ3) is 3.16. The molecule has 4 aliphatic rings. The van der Waals surface area contributed by atoms with Crippen molar-refractivity contribution >= 4 is 5.91 Å². The average molecular weight is 398 g/mol. The van der Waals surface area contributed by atoms with Crippen molar-refractivity contribution in [2.24, 2.45) is 16.7 Å². The molecule has 3 saturated carbocycles. The maximum atomic E-state index is 13.6. The van der Waals surface area contributed by atoms with Crippen molar-refractivity contribution in [2.45, 2.75) is 116 Å². The minimum absolute atomic E-state index is 0.101. The zero-order chi connectivity index (χ0) is 20.2. The van der Waals surface area contributed by atoms with Gasteiger partial charge < -0.3 is 5.32 Å². The Morgan fingerprint density at radius 1 is 1.00 bits per heavy atom. The van der Waals surface area contributed by atoms with Gasteiger partial charge in [-0.2, -0.15) is 5.10 Å². The Morgan fingerprint density at radius 3 is 2.45 bits per heavy atom. The molecule has 1 aromatic rings. The minimum Gasteiger partial charge on any atom is -0.347 e. The molecule has 3 unspecified atom stereocenters. The first-order valence-corrected chi connectivity index (χ1v) is 12.3. The predicted molar refractivity (Wildman–Crippen MR) is 116 cm³/mol. The number of carbonyl (C=O) groups excluding carboxylic acids is 1. The van der Waals surface area contributed by atoms with Gasteiger partial charge in [-0.15, -0.1) is 0 Å². The highest BCUT2D eigenvalue weighted by atomic mass is 16.2. The second-order valence-corrected chi connectivity index (χ2v) is 11.4. The molecule has 2 bridgehead atoms. The first kappa shape index (κ1) is 19.6. The van der Waals surface area contributed by atoms with E-state index < -0.39 is 0 Å². The van der Waals surface area contributed by atoms with Gasteiger partial charge in [0.2, 0.25) is 0 Å². The molecule has 1 N–H and O–H groups in total. The molecule has 1 amide bonds. The van der Waals surface area contributed by atoms with Gasteiger partial charge in [-0.05, 0) is 74.5 Å². The normalized spacial score (nSPS) is 34.0. The van der Waals surface area contributed by atoms with E-state index in [0.717, 1.165) is 24.5 Å². The van der Waals surface area contributed by atoms with Crippen LogP contribution in [0.5, 0.6) is 0 Å². The molecule has 0 aliphatic heterocycles. The number of nitrogens with one attached hydrogen (secondary N) is 1. The fourth-order valence-corrected chi connectivity index (χ4v) is 7.47. The molecular formula is C25H39N3O. The summed E-state index contributed by atoms with van der Waals surface area (Å²) in [6.07, 6.45) is 16.1. The van der Waals surface area contributed by atoms with Crippen molar-refractivity contribution in [3.63, 3.8) is 0 Å². The number of amides is 1. The van der Waals surface area contributed by atoms with Crippen LogP contribution in [0.25, 0.3) is 0 Å². The summed E-state index contributed by atoms with van der Waals surface area (Å²) in [4.78, 5) is 13.6. The van der Waals surface area contributed by atoms with E-state index in [-0.39, 0.29) is 22.8 Å². The molecule has 0 spiro atoms. The number of hydrogen-bond acceptors (Lipinski definition) is 2. The number of nitrogens with zero attached hydrogens (tertiary/aromatic N) is 2. The van der Waals surface area contributed by atoms with Crippen molar-refractivity contribution in [1.29, 1.82) is 0 Å². The summed E-state index contributed by atoms with van der Waals surface area (Å²) in [6, 6.07) is 0.774. The molecule has 4 heteroatoms. The Kier molecular flexibility index (Phi) is 4.83. The van der Waals surface area contributed by atoms with Crippen LogP contribution in [-0.4, -0.2) is 21.7 Å². The van der Waals surface area contributed by atoms with Crippen molar-refractivity contribution < 1.29 is 4.79 Å². The number of rotatable bonds is 3. The molecule has 0 saturated heterocycles. The lowest BCUT2D eigenvalue weighted by Gasteiger charge is -2.43. The van der Waals surface area contributed by atoms with Gasteiger partial charge in [-0.25, -0.2) is 0 Å². The van der Waals surface area contributed by atoms with Crippen LogP contribution in [0, 0.1) is 16.7 Å². The van der Waals surface area contributed by atoms with Gasteiger partial charge in [0.15, 0.2) is 5.69 Å². The lowest BCUT2D eigenvalue weighted by Crippen LogP contribution is -2.52. The molecule has 1 heterocycles. The van der Waals surface area contributed by atoms with Gasteiger partial charge in [0.1, 0.15) is 0 Å². The summed E-state index contributed by atoms with van der Waals surface area (Å²) in [7, 11) is 0. The van der Waals surface area contributed by atoms with E-state index in [2.05, 4.69) is 30.8 Å². The van der Waals surface area contributed by atoms with Crippen LogP contribution >= 0.6 is 0 Å². The minimum atomic E-state index is 0.101. The van der Waals surface area contributed by atoms with Crippen molar-refractivity contribution in [2.75, 3.05) is 0 Å². The molecule has 0 aromatic carbocycles. The van der Waals surface area contributed by atoms with Crippen molar-refractivity contribution in [1.82, 2.24) is 15.1 Å². The maximum Gasteiger partial charge on any atom is 0.272 e. The highest BCUT2D eigenvalue weighted by molar-refractivity contribution is 5.94. The Hall–Kier alpha value is -1.32. The average Bonchev–Trinajstić information content (AvgIpc) is 3.25. The molecule has 3 fully saturated rings. The third-order valence-electron chi connectivity index (χ3n) is 9.14. The van der Waals surface area contributed by atoms with Gasteiger partial charge in [-0.1, -0.05) is 46.5 Å². The molecule has 4 aliphatic carbocycles. The van der Waals surface area contributed by atoms with Crippen LogP contribution in [0.3, 0.4) is 0 Å². The monoisotopic (exact) mass is 397 g/mol. The molecule has 3 atom stereocenters. The second kappa shape index (κ2) is 7.13. The number of aromatic nitrogens is 2. The van der Waals surface area contributed by atoms with E-state index in [0.29, 0.717) is 6.04 Å². The Bertz CT molecular complexity index is 783. The summed E-state index contributed by atoms with van der Waals surface area (Å²) >= 11 is 0. The molecule has 160 valence electrons. The quantitative estimate of drug-likeness (QED) is 0.675. The molecule has 0 radical (unpaired) electrons. The molecule has 4 nitrogen and oxygen atoms in total. The van der Waals surface area contributed by atoms with E-state index >= 15 is 0 Å². The van der Waals surface area contributed by atoms with E-state index in [9.17, 15) is 4.79 Å². The van der Waals surface area contributed by atoms with E-state index in [1.54, 1.807) is 0 Å². The van der Waals surface area contributed by atoms with Gasteiger partial charge in [0.05, 0.1) is 6.04 Å². The van der Waals surface area contributed by atoms with E-state index in [1.807, 2.05) is 0 Å². The summed E-state index contributed by atoms with van der Waals surface area (Å²) in [6.45, 7) is 7.14. The van der Waals surface area contributed by atoms with Gasteiger partial charge in [-0.3, -0.25) is 9.48 Å². The fraction of sp³-hybridized carbons (Fsp3) is 0.840. The van der Waals surface area contributed by atoms with Crippen LogP contribution in [0.2, 0.25) is 0 Å².